The number of nitrogens with zero attached hydrogens (tertiary/aromatic N) is 1. The molecule has 92 valence electrons. The number of hydrogen-bond acceptors (Lipinski definition) is 2. The van der Waals surface area contributed by atoms with Crippen molar-refractivity contribution in [3.05, 3.63) is 28.7 Å². The molecule has 0 aliphatic carbocycles. The average Bonchev–Trinajstić information content (AvgIpc) is 2.84. The molecular weight excluding hydrogens is 282 g/mol. The fourth-order valence-electron chi connectivity index (χ4n) is 1.98. The Morgan fingerprint density at radius 3 is 2.65 bits per heavy atom. The van der Waals surface area contributed by atoms with Crippen molar-refractivity contribution in [3.8, 4) is 5.75 Å². The van der Waals surface area contributed by atoms with Crippen LogP contribution in [0.1, 0.15) is 19.8 Å². The molecule has 0 N–H and O–H groups in total. The van der Waals surface area contributed by atoms with Gasteiger partial charge >= 0.3 is 0 Å². The fraction of sp³-hybridized carbons (Fsp3) is 0.462. The van der Waals surface area contributed by atoms with Gasteiger partial charge in [0.25, 0.3) is 5.91 Å². The number of halogens is 1. The lowest BCUT2D eigenvalue weighted by molar-refractivity contribution is -0.136. The molecule has 4 heteroatoms. The first-order chi connectivity index (χ1) is 8.18. The van der Waals surface area contributed by atoms with Gasteiger partial charge in [0.05, 0.1) is 4.47 Å². The Hall–Kier alpha value is -1.03. The maximum Gasteiger partial charge on any atom is 0.263 e. The first-order valence-electron chi connectivity index (χ1n) is 5.88. The molecule has 1 aliphatic heterocycles. The summed E-state index contributed by atoms with van der Waals surface area (Å²) in [5.74, 6) is 0.797. The smallest absolute Gasteiger partial charge is 0.263 e. The van der Waals surface area contributed by atoms with Crippen LogP contribution < -0.4 is 4.74 Å². The average molecular weight is 298 g/mol. The zero-order valence-electron chi connectivity index (χ0n) is 9.86. The Bertz CT molecular complexity index is 402. The van der Waals surface area contributed by atoms with E-state index in [2.05, 4.69) is 15.9 Å². The molecule has 1 amide bonds. The summed E-state index contributed by atoms with van der Waals surface area (Å²) in [5.41, 5.74) is 0. The van der Waals surface area contributed by atoms with Gasteiger partial charge < -0.3 is 9.64 Å². The van der Waals surface area contributed by atoms with E-state index in [4.69, 9.17) is 4.74 Å². The molecule has 0 saturated carbocycles. The second-order valence-electron chi connectivity index (χ2n) is 4.22. The lowest BCUT2D eigenvalue weighted by atomic mass is 10.3. The lowest BCUT2D eigenvalue weighted by Gasteiger charge is -2.21. The van der Waals surface area contributed by atoms with E-state index in [1.807, 2.05) is 29.2 Å². The van der Waals surface area contributed by atoms with Gasteiger partial charge in [-0.2, -0.15) is 0 Å². The van der Waals surface area contributed by atoms with Crippen molar-refractivity contribution in [2.45, 2.75) is 25.9 Å². The van der Waals surface area contributed by atoms with Gasteiger partial charge in [-0.15, -0.1) is 0 Å². The maximum absolute atomic E-state index is 12.0. The molecule has 1 saturated heterocycles. The molecule has 2 rings (SSSR count). The van der Waals surface area contributed by atoms with Crippen molar-refractivity contribution in [2.24, 2.45) is 0 Å². The van der Waals surface area contributed by atoms with Crippen LogP contribution in [0, 0.1) is 0 Å². The van der Waals surface area contributed by atoms with E-state index in [0.29, 0.717) is 5.75 Å². The number of carbonyl (C=O) groups is 1. The summed E-state index contributed by atoms with van der Waals surface area (Å²) in [6.45, 7) is 3.53. The summed E-state index contributed by atoms with van der Waals surface area (Å²) in [6.07, 6.45) is 1.79. The zero-order valence-corrected chi connectivity index (χ0v) is 11.4. The third-order valence-electron chi connectivity index (χ3n) is 2.91. The van der Waals surface area contributed by atoms with Gasteiger partial charge in [-0.3, -0.25) is 4.79 Å². The Morgan fingerprint density at radius 1 is 1.35 bits per heavy atom. The number of benzene rings is 1. The van der Waals surface area contributed by atoms with Gasteiger partial charge in [0.15, 0.2) is 6.10 Å². The number of likely N-dealkylation sites (tertiary alicyclic amines) is 1. The highest BCUT2D eigenvalue weighted by molar-refractivity contribution is 9.10. The molecule has 1 fully saturated rings. The van der Waals surface area contributed by atoms with Crippen LogP contribution in [0.3, 0.4) is 0 Å². The maximum atomic E-state index is 12.0. The summed E-state index contributed by atoms with van der Waals surface area (Å²) in [7, 11) is 0. The number of amides is 1. The van der Waals surface area contributed by atoms with Crippen LogP contribution >= 0.6 is 15.9 Å². The van der Waals surface area contributed by atoms with Gasteiger partial charge in [0.1, 0.15) is 5.75 Å². The van der Waals surface area contributed by atoms with E-state index < -0.39 is 6.10 Å². The minimum absolute atomic E-state index is 0.0817. The highest BCUT2D eigenvalue weighted by atomic mass is 79.9. The van der Waals surface area contributed by atoms with Crippen molar-refractivity contribution >= 4 is 21.8 Å². The summed E-state index contributed by atoms with van der Waals surface area (Å²) in [5, 5.41) is 0. The molecule has 1 aromatic carbocycles. The molecule has 0 aromatic heterocycles. The Kier molecular flexibility index (Phi) is 4.05. The van der Waals surface area contributed by atoms with Crippen molar-refractivity contribution in [3.63, 3.8) is 0 Å². The van der Waals surface area contributed by atoms with E-state index in [1.165, 1.54) is 0 Å². The zero-order chi connectivity index (χ0) is 12.3. The van der Waals surface area contributed by atoms with Crippen LogP contribution in [0.2, 0.25) is 0 Å². The van der Waals surface area contributed by atoms with Crippen molar-refractivity contribution in [2.75, 3.05) is 13.1 Å². The van der Waals surface area contributed by atoms with Crippen LogP contribution in [0.4, 0.5) is 0 Å². The minimum atomic E-state index is -0.424. The predicted molar refractivity (Wildman–Crippen MR) is 70.0 cm³/mol. The molecule has 17 heavy (non-hydrogen) atoms. The second-order valence-corrected chi connectivity index (χ2v) is 5.08. The largest absolute Gasteiger partial charge is 0.480 e. The molecule has 1 heterocycles. The number of hydrogen-bond donors (Lipinski definition) is 0. The summed E-state index contributed by atoms with van der Waals surface area (Å²) < 4.78 is 6.56. The standard InChI is InChI=1S/C13H16BrNO2/c1-10(13(16)15-8-4-5-9-15)17-12-7-3-2-6-11(12)14/h2-3,6-7,10H,4-5,8-9H2,1H3/t10-/m0/s1. The number of ether oxygens (including phenoxy) is 1. The van der Waals surface area contributed by atoms with E-state index >= 15 is 0 Å². The van der Waals surface area contributed by atoms with Gasteiger partial charge in [-0.1, -0.05) is 12.1 Å². The Balaban J connectivity index is 1.99. The van der Waals surface area contributed by atoms with Crippen molar-refractivity contribution in [1.29, 1.82) is 0 Å². The van der Waals surface area contributed by atoms with Gasteiger partial charge in [0, 0.05) is 13.1 Å². The van der Waals surface area contributed by atoms with E-state index in [9.17, 15) is 4.79 Å². The Labute approximate surface area is 110 Å². The highest BCUT2D eigenvalue weighted by Gasteiger charge is 2.24. The van der Waals surface area contributed by atoms with E-state index in [1.54, 1.807) is 6.92 Å². The Morgan fingerprint density at radius 2 is 2.00 bits per heavy atom. The summed E-state index contributed by atoms with van der Waals surface area (Å²) in [6, 6.07) is 7.58. The quantitative estimate of drug-likeness (QED) is 0.859. The molecule has 0 radical (unpaired) electrons. The SMILES string of the molecule is C[C@H](Oc1ccccc1Br)C(=O)N1CCCC1. The predicted octanol–water partition coefficient (Wildman–Crippen LogP) is 2.84. The van der Waals surface area contributed by atoms with Gasteiger partial charge in [-0.25, -0.2) is 0 Å². The van der Waals surface area contributed by atoms with Gasteiger partial charge in [0.2, 0.25) is 0 Å². The van der Waals surface area contributed by atoms with Crippen LogP contribution in [0.15, 0.2) is 28.7 Å². The van der Waals surface area contributed by atoms with Crippen LogP contribution in [0.5, 0.6) is 5.75 Å². The number of rotatable bonds is 3. The topological polar surface area (TPSA) is 29.5 Å². The van der Waals surface area contributed by atoms with Gasteiger partial charge in [-0.05, 0) is 47.8 Å². The summed E-state index contributed by atoms with van der Waals surface area (Å²) >= 11 is 3.41. The molecule has 3 nitrogen and oxygen atoms in total. The third-order valence-corrected chi connectivity index (χ3v) is 3.56. The fourth-order valence-corrected chi connectivity index (χ4v) is 2.35. The first kappa shape index (κ1) is 12.4. The molecule has 0 bridgehead atoms. The van der Waals surface area contributed by atoms with E-state index in [0.717, 1.165) is 30.4 Å². The summed E-state index contributed by atoms with van der Waals surface area (Å²) in [4.78, 5) is 13.9. The number of carbonyl (C=O) groups excluding carboxylic acids is 1. The molecule has 1 aliphatic rings. The first-order valence-corrected chi connectivity index (χ1v) is 6.68. The second kappa shape index (κ2) is 5.54. The minimum Gasteiger partial charge on any atom is -0.480 e. The normalized spacial score (nSPS) is 16.9. The highest BCUT2D eigenvalue weighted by Crippen LogP contribution is 2.25. The molecule has 1 aromatic rings. The van der Waals surface area contributed by atoms with Crippen molar-refractivity contribution < 1.29 is 9.53 Å². The van der Waals surface area contributed by atoms with Crippen LogP contribution in [-0.4, -0.2) is 30.0 Å². The monoisotopic (exact) mass is 297 g/mol. The number of para-hydroxylation sites is 1. The molecular formula is C13H16BrNO2. The third kappa shape index (κ3) is 3.00. The lowest BCUT2D eigenvalue weighted by Crippen LogP contribution is -2.38. The molecule has 1 atom stereocenters. The van der Waals surface area contributed by atoms with Crippen molar-refractivity contribution in [1.82, 2.24) is 4.90 Å². The molecule has 0 unspecified atom stereocenters. The molecule has 0 spiro atoms. The van der Waals surface area contributed by atoms with Crippen LogP contribution in [0.25, 0.3) is 0 Å². The van der Waals surface area contributed by atoms with Crippen LogP contribution in [-0.2, 0) is 4.79 Å². The van der Waals surface area contributed by atoms with E-state index in [-0.39, 0.29) is 5.91 Å².